The van der Waals surface area contributed by atoms with Gasteiger partial charge >= 0.3 is 0 Å². The summed E-state index contributed by atoms with van der Waals surface area (Å²) in [5.74, 6) is -0.674. The van der Waals surface area contributed by atoms with Crippen molar-refractivity contribution in [3.05, 3.63) is 34.8 Å². The highest BCUT2D eigenvalue weighted by Gasteiger charge is 2.29. The Morgan fingerprint density at radius 3 is 2.69 bits per heavy atom. The normalized spacial score (nSPS) is 13.2. The number of carbonyl (C=O) groups excluding carboxylic acids is 1. The lowest BCUT2D eigenvalue weighted by Gasteiger charge is -2.21. The number of nitrogens with one attached hydrogen (secondary N) is 2. The number of sulfonamides is 1. The van der Waals surface area contributed by atoms with Gasteiger partial charge in [0.05, 0.1) is 20.1 Å². The van der Waals surface area contributed by atoms with Crippen LogP contribution in [0.3, 0.4) is 0 Å². The molecule has 0 aliphatic heterocycles. The number of anilines is 1. The van der Waals surface area contributed by atoms with E-state index in [0.29, 0.717) is 5.13 Å². The van der Waals surface area contributed by atoms with Crippen LogP contribution in [0.15, 0.2) is 34.7 Å². The van der Waals surface area contributed by atoms with Crippen molar-refractivity contribution in [2.75, 3.05) is 5.32 Å². The molecule has 3 rings (SSSR count). The van der Waals surface area contributed by atoms with E-state index < -0.39 is 22.0 Å². The minimum Gasteiger partial charge on any atom is -0.301 e. The summed E-state index contributed by atoms with van der Waals surface area (Å²) in [4.78, 5) is 20.9. The Morgan fingerprint density at radius 1 is 1.27 bits per heavy atom. The SMILES string of the molecule is Cc1nc2ccc(S(=O)(=O)N[C@@H](C(=O)Nc3nccs3)C(C)C)cc2s1. The van der Waals surface area contributed by atoms with Crippen molar-refractivity contribution in [2.45, 2.75) is 31.7 Å². The first-order valence-corrected chi connectivity index (χ1v) is 11.0. The summed E-state index contributed by atoms with van der Waals surface area (Å²) in [6, 6.07) is 3.84. The predicted octanol–water partition coefficient (Wildman–Crippen LogP) is 3.00. The summed E-state index contributed by atoms with van der Waals surface area (Å²) >= 11 is 2.70. The number of amides is 1. The fraction of sp³-hybridized carbons (Fsp3) is 0.312. The maximum atomic E-state index is 12.8. The second-order valence-corrected chi connectivity index (χ2v) is 9.88. The molecule has 2 aromatic heterocycles. The number of thiazole rings is 2. The molecule has 7 nitrogen and oxygen atoms in total. The second-order valence-electron chi connectivity index (χ2n) is 6.03. The number of carbonyl (C=O) groups is 1. The molecule has 0 aliphatic rings. The van der Waals surface area contributed by atoms with Gasteiger partial charge in [-0.1, -0.05) is 13.8 Å². The number of aryl methyl sites for hydroxylation is 1. The van der Waals surface area contributed by atoms with Crippen LogP contribution >= 0.6 is 22.7 Å². The molecule has 0 spiro atoms. The van der Waals surface area contributed by atoms with Crippen molar-refractivity contribution in [2.24, 2.45) is 5.92 Å². The molecule has 0 saturated heterocycles. The average molecular weight is 411 g/mol. The zero-order valence-electron chi connectivity index (χ0n) is 14.4. The van der Waals surface area contributed by atoms with Crippen molar-refractivity contribution in [1.82, 2.24) is 14.7 Å². The molecule has 1 atom stereocenters. The Hall–Kier alpha value is -1.88. The molecule has 0 aliphatic carbocycles. The fourth-order valence-corrected chi connectivity index (χ4v) is 5.23. The van der Waals surface area contributed by atoms with E-state index in [1.165, 1.54) is 28.7 Å². The van der Waals surface area contributed by atoms with E-state index in [9.17, 15) is 13.2 Å². The van der Waals surface area contributed by atoms with Crippen molar-refractivity contribution < 1.29 is 13.2 Å². The van der Waals surface area contributed by atoms with Crippen LogP contribution in [-0.4, -0.2) is 30.3 Å². The standard InChI is InChI=1S/C16H18N4O3S3/c1-9(2)14(15(21)19-16-17-6-7-24-16)20-26(22,23)11-4-5-12-13(8-11)25-10(3)18-12/h4-9,14,20H,1-3H3,(H,17,19,21)/t14-/m1/s1. The number of aromatic nitrogens is 2. The lowest BCUT2D eigenvalue weighted by Crippen LogP contribution is -2.47. The molecule has 138 valence electrons. The third-order valence-electron chi connectivity index (χ3n) is 3.67. The van der Waals surface area contributed by atoms with Gasteiger partial charge in [-0.05, 0) is 31.0 Å². The molecule has 26 heavy (non-hydrogen) atoms. The van der Waals surface area contributed by atoms with Gasteiger partial charge in [0.2, 0.25) is 15.9 Å². The van der Waals surface area contributed by atoms with E-state index in [0.717, 1.165) is 15.2 Å². The zero-order valence-corrected chi connectivity index (χ0v) is 16.8. The van der Waals surface area contributed by atoms with E-state index in [4.69, 9.17) is 0 Å². The smallest absolute Gasteiger partial charge is 0.244 e. The van der Waals surface area contributed by atoms with Gasteiger partial charge in [-0.15, -0.1) is 22.7 Å². The average Bonchev–Trinajstić information content (AvgIpc) is 3.19. The Balaban J connectivity index is 1.85. The fourth-order valence-electron chi connectivity index (χ4n) is 2.38. The molecular weight excluding hydrogens is 392 g/mol. The van der Waals surface area contributed by atoms with Crippen LogP contribution in [0.25, 0.3) is 10.2 Å². The first-order chi connectivity index (χ1) is 12.3. The molecule has 2 heterocycles. The Morgan fingerprint density at radius 2 is 2.04 bits per heavy atom. The molecule has 3 aromatic rings. The lowest BCUT2D eigenvalue weighted by atomic mass is 10.1. The van der Waals surface area contributed by atoms with Gasteiger partial charge in [-0.25, -0.2) is 18.4 Å². The van der Waals surface area contributed by atoms with E-state index in [1.54, 1.807) is 37.6 Å². The molecule has 10 heteroatoms. The van der Waals surface area contributed by atoms with Crippen LogP contribution in [0.5, 0.6) is 0 Å². The number of hydrogen-bond donors (Lipinski definition) is 2. The van der Waals surface area contributed by atoms with Gasteiger partial charge in [-0.2, -0.15) is 4.72 Å². The van der Waals surface area contributed by atoms with Gasteiger partial charge in [0.15, 0.2) is 5.13 Å². The highest BCUT2D eigenvalue weighted by Crippen LogP contribution is 2.25. The molecule has 0 bridgehead atoms. The van der Waals surface area contributed by atoms with E-state index in [2.05, 4.69) is 20.0 Å². The molecular formula is C16H18N4O3S3. The Labute approximate surface area is 159 Å². The van der Waals surface area contributed by atoms with E-state index in [-0.39, 0.29) is 10.8 Å². The quantitative estimate of drug-likeness (QED) is 0.650. The first kappa shape index (κ1) is 18.9. The molecule has 0 radical (unpaired) electrons. The van der Waals surface area contributed by atoms with Crippen LogP contribution < -0.4 is 10.0 Å². The zero-order chi connectivity index (χ0) is 18.9. The van der Waals surface area contributed by atoms with Crippen molar-refractivity contribution in [3.8, 4) is 0 Å². The number of benzene rings is 1. The number of hydrogen-bond acceptors (Lipinski definition) is 7. The van der Waals surface area contributed by atoms with Crippen LogP contribution in [0, 0.1) is 12.8 Å². The van der Waals surface area contributed by atoms with Crippen molar-refractivity contribution >= 4 is 54.0 Å². The largest absolute Gasteiger partial charge is 0.301 e. The summed E-state index contributed by atoms with van der Waals surface area (Å²) in [7, 11) is -3.86. The van der Waals surface area contributed by atoms with Gasteiger partial charge < -0.3 is 5.32 Å². The van der Waals surface area contributed by atoms with Crippen LogP contribution in [0.1, 0.15) is 18.9 Å². The number of rotatable bonds is 6. The van der Waals surface area contributed by atoms with Crippen molar-refractivity contribution in [3.63, 3.8) is 0 Å². The monoisotopic (exact) mass is 410 g/mol. The molecule has 2 N–H and O–H groups in total. The van der Waals surface area contributed by atoms with Crippen LogP contribution in [0.2, 0.25) is 0 Å². The summed E-state index contributed by atoms with van der Waals surface area (Å²) in [6.45, 7) is 5.43. The van der Waals surface area contributed by atoms with Gasteiger partial charge in [-0.3, -0.25) is 4.79 Å². The topological polar surface area (TPSA) is 101 Å². The van der Waals surface area contributed by atoms with Gasteiger partial charge in [0.25, 0.3) is 0 Å². The number of fused-ring (bicyclic) bond motifs is 1. The Bertz CT molecular complexity index is 1030. The predicted molar refractivity (Wildman–Crippen MR) is 104 cm³/mol. The summed E-state index contributed by atoms with van der Waals surface area (Å²) in [5, 5.41) is 5.67. The van der Waals surface area contributed by atoms with Crippen molar-refractivity contribution in [1.29, 1.82) is 0 Å². The lowest BCUT2D eigenvalue weighted by molar-refractivity contribution is -0.118. The van der Waals surface area contributed by atoms with E-state index >= 15 is 0 Å². The molecule has 1 amide bonds. The van der Waals surface area contributed by atoms with E-state index in [1.807, 2.05) is 6.92 Å². The maximum absolute atomic E-state index is 12.8. The number of nitrogens with zero attached hydrogens (tertiary/aromatic N) is 2. The third kappa shape index (κ3) is 4.09. The highest BCUT2D eigenvalue weighted by molar-refractivity contribution is 7.89. The Kier molecular flexibility index (Phi) is 5.37. The molecule has 0 saturated carbocycles. The minimum absolute atomic E-state index is 0.112. The first-order valence-electron chi connectivity index (χ1n) is 7.86. The second kappa shape index (κ2) is 7.39. The summed E-state index contributed by atoms with van der Waals surface area (Å²) < 4.78 is 28.9. The maximum Gasteiger partial charge on any atom is 0.244 e. The highest BCUT2D eigenvalue weighted by atomic mass is 32.2. The minimum atomic E-state index is -3.86. The van der Waals surface area contributed by atoms with Gasteiger partial charge in [0, 0.05) is 11.6 Å². The van der Waals surface area contributed by atoms with Gasteiger partial charge in [0.1, 0.15) is 6.04 Å². The van der Waals surface area contributed by atoms with Crippen LogP contribution in [-0.2, 0) is 14.8 Å². The molecule has 0 fully saturated rings. The van der Waals surface area contributed by atoms with Crippen LogP contribution in [0.4, 0.5) is 5.13 Å². The summed E-state index contributed by atoms with van der Waals surface area (Å²) in [5.41, 5.74) is 0.758. The third-order valence-corrected chi connectivity index (χ3v) is 6.73. The summed E-state index contributed by atoms with van der Waals surface area (Å²) in [6.07, 6.45) is 1.57. The molecule has 1 aromatic carbocycles. The molecule has 0 unspecified atom stereocenters.